The molecular formula is C21H22N2O4S2. The van der Waals surface area contributed by atoms with Gasteiger partial charge in [0.2, 0.25) is 0 Å². The number of sulfone groups is 1. The summed E-state index contributed by atoms with van der Waals surface area (Å²) in [4.78, 5) is 19.4. The molecule has 8 heteroatoms. The molecule has 1 aromatic heterocycles. The minimum absolute atomic E-state index is 0.0572. The van der Waals surface area contributed by atoms with Gasteiger partial charge in [0.1, 0.15) is 5.75 Å². The summed E-state index contributed by atoms with van der Waals surface area (Å²) >= 11 is 1.56. The van der Waals surface area contributed by atoms with E-state index >= 15 is 0 Å². The molecule has 1 saturated heterocycles. The van der Waals surface area contributed by atoms with Crippen LogP contribution in [0.2, 0.25) is 0 Å². The standard InChI is InChI=1S/C21H22N2O4S2/c1-14-22-19-8-3-15(13-20(19)28-14)21(24)23-11-9-18(10-12-23)29(25,26)17-6-4-16(27-2)5-7-17/h3-8,13,18H,9-12H2,1-2H3. The van der Waals surface area contributed by atoms with Crippen molar-refractivity contribution in [1.29, 1.82) is 0 Å². The maximum atomic E-state index is 12.9. The molecule has 0 radical (unpaired) electrons. The number of aryl methyl sites for hydroxylation is 1. The van der Waals surface area contributed by atoms with E-state index in [1.807, 2.05) is 19.1 Å². The lowest BCUT2D eigenvalue weighted by Gasteiger charge is -2.31. The largest absolute Gasteiger partial charge is 0.497 e. The van der Waals surface area contributed by atoms with Crippen molar-refractivity contribution in [2.24, 2.45) is 0 Å². The van der Waals surface area contributed by atoms with Gasteiger partial charge in [0.15, 0.2) is 9.84 Å². The summed E-state index contributed by atoms with van der Waals surface area (Å²) < 4.78 is 32.0. The van der Waals surface area contributed by atoms with Crippen molar-refractivity contribution in [3.63, 3.8) is 0 Å². The topological polar surface area (TPSA) is 76.6 Å². The van der Waals surface area contributed by atoms with Crippen LogP contribution in [0, 0.1) is 6.92 Å². The molecule has 3 aromatic rings. The van der Waals surface area contributed by atoms with Crippen molar-refractivity contribution in [3.05, 3.63) is 53.0 Å². The molecule has 0 saturated carbocycles. The van der Waals surface area contributed by atoms with Crippen LogP contribution in [-0.4, -0.2) is 49.7 Å². The number of ether oxygens (including phenoxy) is 1. The smallest absolute Gasteiger partial charge is 0.253 e. The Hall–Kier alpha value is -2.45. The maximum absolute atomic E-state index is 12.9. The third-order valence-corrected chi connectivity index (χ3v) is 8.51. The van der Waals surface area contributed by atoms with E-state index < -0.39 is 15.1 Å². The Labute approximate surface area is 174 Å². The van der Waals surface area contributed by atoms with E-state index in [4.69, 9.17) is 4.74 Å². The van der Waals surface area contributed by atoms with E-state index in [9.17, 15) is 13.2 Å². The van der Waals surface area contributed by atoms with Crippen molar-refractivity contribution in [2.45, 2.75) is 29.9 Å². The van der Waals surface area contributed by atoms with E-state index in [1.165, 1.54) is 0 Å². The number of benzene rings is 2. The van der Waals surface area contributed by atoms with E-state index in [0.29, 0.717) is 42.1 Å². The van der Waals surface area contributed by atoms with Gasteiger partial charge >= 0.3 is 0 Å². The lowest BCUT2D eigenvalue weighted by Crippen LogP contribution is -2.42. The van der Waals surface area contributed by atoms with E-state index in [1.54, 1.807) is 53.7 Å². The van der Waals surface area contributed by atoms with Crippen molar-refractivity contribution in [3.8, 4) is 5.75 Å². The third kappa shape index (κ3) is 3.86. The first-order chi connectivity index (χ1) is 13.9. The van der Waals surface area contributed by atoms with Crippen LogP contribution in [0.4, 0.5) is 0 Å². The molecule has 1 fully saturated rings. The van der Waals surface area contributed by atoms with Crippen molar-refractivity contribution >= 4 is 37.3 Å². The van der Waals surface area contributed by atoms with Gasteiger partial charge in [-0.3, -0.25) is 4.79 Å². The lowest BCUT2D eigenvalue weighted by molar-refractivity contribution is 0.0726. The summed E-state index contributed by atoms with van der Waals surface area (Å²) in [6.07, 6.45) is 0.865. The van der Waals surface area contributed by atoms with Crippen LogP contribution in [0.3, 0.4) is 0 Å². The normalized spacial score (nSPS) is 15.6. The number of thiazole rings is 1. The zero-order chi connectivity index (χ0) is 20.6. The minimum Gasteiger partial charge on any atom is -0.497 e. The number of hydrogen-bond donors (Lipinski definition) is 0. The molecular weight excluding hydrogens is 408 g/mol. The molecule has 0 unspecified atom stereocenters. The zero-order valence-electron chi connectivity index (χ0n) is 16.3. The predicted octanol–water partition coefficient (Wildman–Crippen LogP) is 3.69. The van der Waals surface area contributed by atoms with Gasteiger partial charge in [-0.15, -0.1) is 11.3 Å². The van der Waals surface area contributed by atoms with Crippen LogP contribution in [0.5, 0.6) is 5.75 Å². The van der Waals surface area contributed by atoms with E-state index in [-0.39, 0.29) is 5.91 Å². The van der Waals surface area contributed by atoms with E-state index in [0.717, 1.165) is 15.2 Å². The number of hydrogen-bond acceptors (Lipinski definition) is 6. The molecule has 0 atom stereocenters. The highest BCUT2D eigenvalue weighted by Gasteiger charge is 2.33. The number of piperidine rings is 1. The number of carbonyl (C=O) groups is 1. The number of methoxy groups -OCH3 is 1. The Morgan fingerprint density at radius 2 is 1.83 bits per heavy atom. The fourth-order valence-corrected chi connectivity index (χ4v) is 6.28. The van der Waals surface area contributed by atoms with Gasteiger partial charge in [0.25, 0.3) is 5.91 Å². The Morgan fingerprint density at radius 3 is 2.48 bits per heavy atom. The Morgan fingerprint density at radius 1 is 1.14 bits per heavy atom. The van der Waals surface area contributed by atoms with Gasteiger partial charge in [0.05, 0.1) is 32.5 Å². The maximum Gasteiger partial charge on any atom is 0.253 e. The molecule has 29 heavy (non-hydrogen) atoms. The number of aromatic nitrogens is 1. The first kappa shape index (κ1) is 19.8. The number of amides is 1. The minimum atomic E-state index is -3.43. The van der Waals surface area contributed by atoms with Crippen LogP contribution < -0.4 is 4.74 Å². The van der Waals surface area contributed by atoms with Gasteiger partial charge in [-0.25, -0.2) is 13.4 Å². The summed E-state index contributed by atoms with van der Waals surface area (Å²) in [7, 11) is -1.88. The molecule has 0 aliphatic carbocycles. The molecule has 2 aromatic carbocycles. The van der Waals surface area contributed by atoms with Gasteiger partial charge in [-0.05, 0) is 62.2 Å². The van der Waals surface area contributed by atoms with Crippen LogP contribution in [0.15, 0.2) is 47.4 Å². The average Bonchev–Trinajstić information content (AvgIpc) is 3.12. The highest BCUT2D eigenvalue weighted by Crippen LogP contribution is 2.28. The number of likely N-dealkylation sites (tertiary alicyclic amines) is 1. The highest BCUT2D eigenvalue weighted by atomic mass is 32.2. The second-order valence-corrected chi connectivity index (χ2v) is 10.6. The second-order valence-electron chi connectivity index (χ2n) is 7.13. The molecule has 0 bridgehead atoms. The number of nitrogens with zero attached hydrogens (tertiary/aromatic N) is 2. The van der Waals surface area contributed by atoms with Crippen LogP contribution in [0.25, 0.3) is 10.2 Å². The molecule has 1 amide bonds. The SMILES string of the molecule is COc1ccc(S(=O)(=O)C2CCN(C(=O)c3ccc4nc(C)sc4c3)CC2)cc1. The van der Waals surface area contributed by atoms with Crippen LogP contribution in [0.1, 0.15) is 28.2 Å². The van der Waals surface area contributed by atoms with Gasteiger partial charge in [0, 0.05) is 18.7 Å². The number of carbonyl (C=O) groups excluding carboxylic acids is 1. The van der Waals surface area contributed by atoms with Gasteiger partial charge in [-0.1, -0.05) is 0 Å². The van der Waals surface area contributed by atoms with E-state index in [2.05, 4.69) is 4.98 Å². The van der Waals surface area contributed by atoms with Crippen molar-refractivity contribution < 1.29 is 17.9 Å². The van der Waals surface area contributed by atoms with Gasteiger partial charge < -0.3 is 9.64 Å². The summed E-state index contributed by atoms with van der Waals surface area (Å²) in [5.41, 5.74) is 1.52. The lowest BCUT2D eigenvalue weighted by atomic mass is 10.1. The monoisotopic (exact) mass is 430 g/mol. The zero-order valence-corrected chi connectivity index (χ0v) is 17.9. The van der Waals surface area contributed by atoms with Gasteiger partial charge in [-0.2, -0.15) is 0 Å². The molecule has 6 nitrogen and oxygen atoms in total. The quantitative estimate of drug-likeness (QED) is 0.631. The first-order valence-corrected chi connectivity index (χ1v) is 11.8. The molecule has 0 spiro atoms. The summed E-state index contributed by atoms with van der Waals surface area (Å²) in [5, 5.41) is 0.487. The molecule has 2 heterocycles. The Kier molecular flexibility index (Phi) is 5.31. The summed E-state index contributed by atoms with van der Waals surface area (Å²) in [6, 6.07) is 12.0. The predicted molar refractivity (Wildman–Crippen MR) is 113 cm³/mol. The summed E-state index contributed by atoms with van der Waals surface area (Å²) in [5.74, 6) is 0.565. The van der Waals surface area contributed by atoms with Crippen molar-refractivity contribution in [2.75, 3.05) is 20.2 Å². The molecule has 1 aliphatic heterocycles. The second kappa shape index (κ2) is 7.76. The molecule has 0 N–H and O–H groups in total. The summed E-state index contributed by atoms with van der Waals surface area (Å²) in [6.45, 7) is 2.80. The first-order valence-electron chi connectivity index (χ1n) is 9.43. The van der Waals surface area contributed by atoms with Crippen molar-refractivity contribution in [1.82, 2.24) is 9.88 Å². The molecule has 152 valence electrons. The third-order valence-electron chi connectivity index (χ3n) is 5.30. The fraction of sp³-hybridized carbons (Fsp3) is 0.333. The Bertz CT molecular complexity index is 1150. The van der Waals surface area contributed by atoms with Crippen LogP contribution >= 0.6 is 11.3 Å². The highest BCUT2D eigenvalue weighted by molar-refractivity contribution is 7.92. The molecule has 4 rings (SSSR count). The number of fused-ring (bicyclic) bond motifs is 1. The Balaban J connectivity index is 1.45. The fourth-order valence-electron chi connectivity index (χ4n) is 3.68. The molecule has 1 aliphatic rings. The average molecular weight is 431 g/mol. The number of rotatable bonds is 4. The van der Waals surface area contributed by atoms with Crippen LogP contribution in [-0.2, 0) is 9.84 Å².